The minimum absolute atomic E-state index is 0.330. The summed E-state index contributed by atoms with van der Waals surface area (Å²) in [5.74, 6) is 0.725. The van der Waals surface area contributed by atoms with Crippen LogP contribution in [0.25, 0.3) is 33.5 Å². The molecule has 0 aliphatic carbocycles. The second-order valence-electron chi connectivity index (χ2n) is 11.2. The van der Waals surface area contributed by atoms with E-state index in [1.165, 1.54) is 5.56 Å². The van der Waals surface area contributed by atoms with Crippen molar-refractivity contribution in [2.45, 2.75) is 45.5 Å². The molecule has 1 aliphatic rings. The van der Waals surface area contributed by atoms with Crippen molar-refractivity contribution in [2.75, 3.05) is 0 Å². The van der Waals surface area contributed by atoms with E-state index in [4.69, 9.17) is 14.8 Å². The van der Waals surface area contributed by atoms with Crippen molar-refractivity contribution >= 4 is 16.9 Å². The fourth-order valence-electron chi connectivity index (χ4n) is 6.01. The lowest BCUT2D eigenvalue weighted by atomic mass is 9.96. The Hall–Kier alpha value is -5.21. The van der Waals surface area contributed by atoms with Crippen LogP contribution in [0.5, 0.6) is 5.75 Å². The Morgan fingerprint density at radius 3 is 2.50 bits per heavy atom. The number of carboxylic acids is 1. The quantitative estimate of drug-likeness (QED) is 0.182. The molecule has 0 bridgehead atoms. The zero-order chi connectivity index (χ0) is 30.0. The lowest BCUT2D eigenvalue weighted by molar-refractivity contribution is -0.139. The first kappa shape index (κ1) is 27.6. The topological polar surface area (TPSA) is 105 Å². The Balaban J connectivity index is 1.22. The smallest absolute Gasteiger partial charge is 0.321 e. The molecule has 0 unspecified atom stereocenters. The molecule has 3 heterocycles. The first-order valence-corrected chi connectivity index (χ1v) is 14.9. The van der Waals surface area contributed by atoms with Gasteiger partial charge in [-0.05, 0) is 58.5 Å². The van der Waals surface area contributed by atoms with Gasteiger partial charge in [0, 0.05) is 24.9 Å². The van der Waals surface area contributed by atoms with E-state index in [9.17, 15) is 9.90 Å². The fourth-order valence-corrected chi connectivity index (χ4v) is 6.01. The summed E-state index contributed by atoms with van der Waals surface area (Å²) in [6.45, 7) is 3.74. The number of aliphatic carboxylic acids is 1. The van der Waals surface area contributed by atoms with Gasteiger partial charge < -0.3 is 14.4 Å². The third-order valence-corrected chi connectivity index (χ3v) is 8.34. The molecule has 44 heavy (non-hydrogen) atoms. The van der Waals surface area contributed by atoms with Gasteiger partial charge in [0.05, 0.1) is 16.9 Å². The summed E-state index contributed by atoms with van der Waals surface area (Å²) in [4.78, 5) is 16.7. The lowest BCUT2D eigenvalue weighted by Gasteiger charge is -2.21. The SMILES string of the molecule is CCc1cc(OCc2ccccc2)ccc1-c1ccc2c(-c3nc4c(n3Cc3ccccc3)CN[C@H](C(=O)O)C4)n[nH]c2c1. The monoisotopic (exact) mass is 583 g/mol. The Morgan fingerprint density at radius 2 is 1.75 bits per heavy atom. The van der Waals surface area contributed by atoms with E-state index in [0.717, 1.165) is 68.2 Å². The van der Waals surface area contributed by atoms with Crippen molar-refractivity contribution in [1.82, 2.24) is 25.1 Å². The van der Waals surface area contributed by atoms with Crippen molar-refractivity contribution in [3.63, 3.8) is 0 Å². The van der Waals surface area contributed by atoms with Crippen molar-refractivity contribution in [3.05, 3.63) is 125 Å². The summed E-state index contributed by atoms with van der Waals surface area (Å²) < 4.78 is 8.26. The van der Waals surface area contributed by atoms with E-state index < -0.39 is 12.0 Å². The molecule has 6 aromatic rings. The summed E-state index contributed by atoms with van der Waals surface area (Å²) in [5.41, 5.74) is 9.21. The molecule has 8 nitrogen and oxygen atoms in total. The van der Waals surface area contributed by atoms with Crippen LogP contribution in [-0.2, 0) is 37.3 Å². The molecule has 0 fully saturated rings. The largest absolute Gasteiger partial charge is 0.489 e. The molecular weight excluding hydrogens is 550 g/mol. The molecule has 1 aliphatic heterocycles. The first-order chi connectivity index (χ1) is 21.6. The number of carbonyl (C=O) groups is 1. The summed E-state index contributed by atoms with van der Waals surface area (Å²) in [7, 11) is 0. The summed E-state index contributed by atoms with van der Waals surface area (Å²) in [5, 5.41) is 21.7. The minimum Gasteiger partial charge on any atom is -0.489 e. The van der Waals surface area contributed by atoms with Crippen LogP contribution >= 0.6 is 0 Å². The zero-order valence-electron chi connectivity index (χ0n) is 24.5. The molecule has 4 aromatic carbocycles. The number of aromatic amines is 1. The van der Waals surface area contributed by atoms with Gasteiger partial charge in [0.25, 0.3) is 0 Å². The van der Waals surface area contributed by atoms with E-state index in [2.05, 4.69) is 76.5 Å². The van der Waals surface area contributed by atoms with Crippen LogP contribution in [0.2, 0.25) is 0 Å². The number of fused-ring (bicyclic) bond motifs is 2. The number of H-pyrrole nitrogens is 1. The van der Waals surface area contributed by atoms with Gasteiger partial charge in [0.15, 0.2) is 5.82 Å². The van der Waals surface area contributed by atoms with Crippen LogP contribution in [0.1, 0.15) is 35.0 Å². The van der Waals surface area contributed by atoms with Crippen LogP contribution in [0.3, 0.4) is 0 Å². The Morgan fingerprint density at radius 1 is 0.977 bits per heavy atom. The minimum atomic E-state index is -0.866. The van der Waals surface area contributed by atoms with Gasteiger partial charge in [-0.15, -0.1) is 0 Å². The van der Waals surface area contributed by atoms with Gasteiger partial charge in [-0.2, -0.15) is 5.10 Å². The van der Waals surface area contributed by atoms with Gasteiger partial charge in [-0.1, -0.05) is 79.7 Å². The second-order valence-corrected chi connectivity index (χ2v) is 11.2. The van der Waals surface area contributed by atoms with E-state index in [1.54, 1.807) is 0 Å². The van der Waals surface area contributed by atoms with E-state index in [0.29, 0.717) is 26.1 Å². The molecule has 3 N–H and O–H groups in total. The van der Waals surface area contributed by atoms with Crippen LogP contribution < -0.4 is 10.1 Å². The van der Waals surface area contributed by atoms with Crippen LogP contribution in [-0.4, -0.2) is 36.9 Å². The number of nitrogens with one attached hydrogen (secondary N) is 2. The molecule has 1 atom stereocenters. The summed E-state index contributed by atoms with van der Waals surface area (Å²) in [6, 6.07) is 32.4. The van der Waals surface area contributed by atoms with Gasteiger partial charge in [0.1, 0.15) is 24.1 Å². The maximum absolute atomic E-state index is 11.7. The summed E-state index contributed by atoms with van der Waals surface area (Å²) in [6.07, 6.45) is 1.20. The number of nitrogens with zero attached hydrogens (tertiary/aromatic N) is 3. The number of hydrogen-bond acceptors (Lipinski definition) is 5. The molecule has 7 rings (SSSR count). The molecule has 0 saturated heterocycles. The van der Waals surface area contributed by atoms with E-state index in [1.807, 2.05) is 42.5 Å². The Labute approximate surface area is 255 Å². The molecule has 0 spiro atoms. The Bertz CT molecular complexity index is 1950. The third-order valence-electron chi connectivity index (χ3n) is 8.34. The highest BCUT2D eigenvalue weighted by molar-refractivity contribution is 5.94. The predicted molar refractivity (Wildman–Crippen MR) is 170 cm³/mol. The molecule has 8 heteroatoms. The van der Waals surface area contributed by atoms with Crippen molar-refractivity contribution < 1.29 is 14.6 Å². The molecule has 2 aromatic heterocycles. The summed E-state index contributed by atoms with van der Waals surface area (Å²) >= 11 is 0. The highest BCUT2D eigenvalue weighted by atomic mass is 16.5. The highest BCUT2D eigenvalue weighted by Crippen LogP contribution is 2.34. The average molecular weight is 584 g/mol. The first-order valence-electron chi connectivity index (χ1n) is 14.9. The average Bonchev–Trinajstić information content (AvgIpc) is 3.65. The maximum atomic E-state index is 11.7. The number of rotatable bonds is 9. The third kappa shape index (κ3) is 5.36. The molecule has 220 valence electrons. The second kappa shape index (κ2) is 11.8. The van der Waals surface area contributed by atoms with E-state index >= 15 is 0 Å². The highest BCUT2D eigenvalue weighted by Gasteiger charge is 2.30. The number of benzene rings is 4. The van der Waals surface area contributed by atoms with Crippen LogP contribution in [0.15, 0.2) is 97.1 Å². The van der Waals surface area contributed by atoms with Crippen LogP contribution in [0.4, 0.5) is 0 Å². The standard InChI is InChI=1S/C36H33N5O3/c1-2-25-17-27(44-22-24-11-7-4-8-12-24)14-16-28(25)26-13-15-29-30(18-26)39-40-34(29)35-38-31-19-32(36(42)43)37-20-33(31)41(35)21-23-9-5-3-6-10-23/h3-18,32,37H,2,19-22H2,1H3,(H,39,40)(H,42,43)/t32-/m0/s1. The van der Waals surface area contributed by atoms with Gasteiger partial charge >= 0.3 is 5.97 Å². The molecule has 0 amide bonds. The van der Waals surface area contributed by atoms with Gasteiger partial charge in [-0.3, -0.25) is 15.2 Å². The molecule has 0 saturated carbocycles. The van der Waals surface area contributed by atoms with Gasteiger partial charge in [-0.25, -0.2) is 4.98 Å². The maximum Gasteiger partial charge on any atom is 0.321 e. The lowest BCUT2D eigenvalue weighted by Crippen LogP contribution is -2.42. The van der Waals surface area contributed by atoms with E-state index in [-0.39, 0.29) is 0 Å². The van der Waals surface area contributed by atoms with Gasteiger partial charge in [0.2, 0.25) is 0 Å². The number of hydrogen-bond donors (Lipinski definition) is 3. The zero-order valence-corrected chi connectivity index (χ0v) is 24.5. The number of aromatic nitrogens is 4. The molecular formula is C36H33N5O3. The number of imidazole rings is 1. The predicted octanol–water partition coefficient (Wildman–Crippen LogP) is 6.38. The number of carboxylic acid groups (broad SMARTS) is 1. The van der Waals surface area contributed by atoms with Crippen LogP contribution in [0, 0.1) is 0 Å². The molecule has 0 radical (unpaired) electrons. The van der Waals surface area contributed by atoms with Crippen molar-refractivity contribution in [3.8, 4) is 28.4 Å². The normalized spacial score (nSPS) is 14.4. The fraction of sp³-hybridized carbons (Fsp3) is 0.194. The number of aryl methyl sites for hydroxylation is 1. The number of ether oxygens (including phenoxy) is 1. The van der Waals surface area contributed by atoms with Crippen molar-refractivity contribution in [1.29, 1.82) is 0 Å². The van der Waals surface area contributed by atoms with Crippen molar-refractivity contribution in [2.24, 2.45) is 0 Å². The Kier molecular flexibility index (Phi) is 7.42.